The highest BCUT2D eigenvalue weighted by molar-refractivity contribution is 7.80. The number of rotatable bonds is 4. The Balaban J connectivity index is 2.68. The number of hydrogen-bond acceptors (Lipinski definition) is 3. The van der Waals surface area contributed by atoms with Crippen LogP contribution >= 0.6 is 12.2 Å². The number of hydrogen-bond donors (Lipinski definition) is 2. The Morgan fingerprint density at radius 3 is 1.96 bits per heavy atom. The lowest BCUT2D eigenvalue weighted by atomic mass is 9.89. The van der Waals surface area contributed by atoms with Gasteiger partial charge in [0, 0.05) is 11.3 Å². The number of thiocarbonyl (C=S) groups is 1. The number of aromatic nitrogens is 2. The van der Waals surface area contributed by atoms with E-state index in [0.29, 0.717) is 6.42 Å². The molecule has 0 radical (unpaired) electrons. The normalized spacial score (nSPS) is 16.0. The standard InChI is InChI=1S/C13H11F9N4S/c14-10(15,11(16,17)12(18,19)13(20,21)22)7-5-3-1-2-4-6(5)24-9(25-7)26-8(23)27/h1-4H2,(H3,23,24,25,26,27). The molecule has 0 fully saturated rings. The molecule has 2 rings (SSSR count). The van der Waals surface area contributed by atoms with Crippen LogP contribution in [-0.4, -0.2) is 33.1 Å². The van der Waals surface area contributed by atoms with Crippen molar-refractivity contribution in [1.82, 2.24) is 9.97 Å². The second kappa shape index (κ2) is 6.63. The fourth-order valence-corrected chi connectivity index (χ4v) is 2.64. The highest BCUT2D eigenvalue weighted by Gasteiger charge is 2.82. The molecule has 0 bridgehead atoms. The summed E-state index contributed by atoms with van der Waals surface area (Å²) < 4.78 is 120. The predicted octanol–water partition coefficient (Wildman–Crippen LogP) is 3.94. The molecule has 0 saturated carbocycles. The van der Waals surface area contributed by atoms with Crippen LogP contribution in [0.25, 0.3) is 0 Å². The van der Waals surface area contributed by atoms with Crippen molar-refractivity contribution in [3.63, 3.8) is 0 Å². The minimum absolute atomic E-state index is 0.00812. The van der Waals surface area contributed by atoms with Crippen molar-refractivity contribution in [3.8, 4) is 0 Å². The van der Waals surface area contributed by atoms with E-state index in [1.807, 2.05) is 5.32 Å². The number of nitrogens with zero attached hydrogens (tertiary/aromatic N) is 2. The number of aryl methyl sites for hydroxylation is 1. The van der Waals surface area contributed by atoms with Crippen molar-refractivity contribution >= 4 is 23.3 Å². The average molecular weight is 426 g/mol. The Kier molecular flexibility index (Phi) is 5.27. The van der Waals surface area contributed by atoms with Crippen LogP contribution in [-0.2, 0) is 18.8 Å². The molecule has 27 heavy (non-hydrogen) atoms. The molecule has 3 N–H and O–H groups in total. The molecule has 0 amide bonds. The fraction of sp³-hybridized carbons (Fsp3) is 0.615. The number of nitrogens with one attached hydrogen (secondary N) is 1. The Morgan fingerprint density at radius 2 is 1.44 bits per heavy atom. The van der Waals surface area contributed by atoms with Crippen LogP contribution in [0.3, 0.4) is 0 Å². The maximum Gasteiger partial charge on any atom is 0.460 e. The first-order valence-electron chi connectivity index (χ1n) is 7.30. The van der Waals surface area contributed by atoms with E-state index in [2.05, 4.69) is 22.2 Å². The van der Waals surface area contributed by atoms with Gasteiger partial charge in [-0.3, -0.25) is 0 Å². The highest BCUT2D eigenvalue weighted by Crippen LogP contribution is 2.57. The quantitative estimate of drug-likeness (QED) is 0.564. The van der Waals surface area contributed by atoms with E-state index in [0.717, 1.165) is 0 Å². The first-order chi connectivity index (χ1) is 12.1. The molecular weight excluding hydrogens is 415 g/mol. The molecule has 0 aromatic carbocycles. The van der Waals surface area contributed by atoms with Crippen LogP contribution in [0.2, 0.25) is 0 Å². The van der Waals surface area contributed by atoms with Crippen molar-refractivity contribution in [2.24, 2.45) is 5.73 Å². The van der Waals surface area contributed by atoms with Gasteiger partial charge in [-0.1, -0.05) is 0 Å². The molecule has 4 nitrogen and oxygen atoms in total. The first kappa shape index (κ1) is 21.4. The van der Waals surface area contributed by atoms with E-state index < -0.39 is 46.3 Å². The lowest BCUT2D eigenvalue weighted by Crippen LogP contribution is -2.60. The van der Waals surface area contributed by atoms with Crippen LogP contribution in [0.15, 0.2) is 0 Å². The maximum absolute atomic E-state index is 14.4. The van der Waals surface area contributed by atoms with Crippen molar-refractivity contribution in [3.05, 3.63) is 17.0 Å². The van der Waals surface area contributed by atoms with Gasteiger partial charge in [-0.15, -0.1) is 0 Å². The van der Waals surface area contributed by atoms with E-state index in [4.69, 9.17) is 5.73 Å². The monoisotopic (exact) mass is 426 g/mol. The zero-order valence-corrected chi connectivity index (χ0v) is 13.9. The number of fused-ring (bicyclic) bond motifs is 1. The van der Waals surface area contributed by atoms with Crippen molar-refractivity contribution in [1.29, 1.82) is 0 Å². The molecule has 0 unspecified atom stereocenters. The van der Waals surface area contributed by atoms with Gasteiger partial charge in [-0.05, 0) is 37.9 Å². The Labute approximate surface area is 151 Å². The molecule has 1 aliphatic carbocycles. The first-order valence-corrected chi connectivity index (χ1v) is 7.70. The zero-order chi connectivity index (χ0) is 20.8. The molecule has 1 aromatic rings. The second-order valence-electron chi connectivity index (χ2n) is 5.74. The summed E-state index contributed by atoms with van der Waals surface area (Å²) in [5, 5.41) is 1.44. The third-order valence-corrected chi connectivity index (χ3v) is 3.96. The molecule has 14 heteroatoms. The van der Waals surface area contributed by atoms with Gasteiger partial charge in [0.15, 0.2) is 5.11 Å². The maximum atomic E-state index is 14.4. The number of alkyl halides is 9. The van der Waals surface area contributed by atoms with E-state index in [-0.39, 0.29) is 25.0 Å². The van der Waals surface area contributed by atoms with E-state index in [1.165, 1.54) is 0 Å². The summed E-state index contributed by atoms with van der Waals surface area (Å²) in [7, 11) is 0. The Morgan fingerprint density at radius 1 is 0.889 bits per heavy atom. The van der Waals surface area contributed by atoms with Gasteiger partial charge in [0.1, 0.15) is 5.69 Å². The summed E-state index contributed by atoms with van der Waals surface area (Å²) in [6, 6.07) is 0. The van der Waals surface area contributed by atoms with Crippen LogP contribution in [0.4, 0.5) is 45.5 Å². The molecule has 0 atom stereocenters. The molecule has 1 heterocycles. The summed E-state index contributed by atoms with van der Waals surface area (Å²) >= 11 is 4.43. The van der Waals surface area contributed by atoms with Gasteiger partial charge in [0.25, 0.3) is 0 Å². The smallest absolute Gasteiger partial charge is 0.376 e. The zero-order valence-electron chi connectivity index (χ0n) is 13.1. The minimum Gasteiger partial charge on any atom is -0.376 e. The lowest BCUT2D eigenvalue weighted by Gasteiger charge is -2.34. The van der Waals surface area contributed by atoms with E-state index >= 15 is 0 Å². The van der Waals surface area contributed by atoms with Crippen molar-refractivity contribution in [2.45, 2.75) is 49.6 Å². The topological polar surface area (TPSA) is 63.8 Å². The van der Waals surface area contributed by atoms with E-state index in [9.17, 15) is 39.5 Å². The average Bonchev–Trinajstić information content (AvgIpc) is 2.52. The molecule has 1 aromatic heterocycles. The summed E-state index contributed by atoms with van der Waals surface area (Å²) in [6.45, 7) is 0. The summed E-state index contributed by atoms with van der Waals surface area (Å²) in [6.07, 6.45) is -6.57. The van der Waals surface area contributed by atoms with Crippen LogP contribution in [0.5, 0.6) is 0 Å². The van der Waals surface area contributed by atoms with Crippen LogP contribution < -0.4 is 11.1 Å². The van der Waals surface area contributed by atoms with Crippen molar-refractivity contribution in [2.75, 3.05) is 5.32 Å². The molecular formula is C13H11F9N4S. The molecule has 152 valence electrons. The summed E-state index contributed by atoms with van der Waals surface area (Å²) in [4.78, 5) is 6.78. The third-order valence-electron chi connectivity index (χ3n) is 3.86. The van der Waals surface area contributed by atoms with Gasteiger partial charge in [-0.2, -0.15) is 39.5 Å². The Hall–Kier alpha value is -1.86. The Bertz CT molecular complexity index is 748. The molecule has 1 aliphatic rings. The molecule has 0 saturated heterocycles. The van der Waals surface area contributed by atoms with Crippen molar-refractivity contribution < 1.29 is 39.5 Å². The van der Waals surface area contributed by atoms with E-state index in [1.54, 1.807) is 0 Å². The highest BCUT2D eigenvalue weighted by atomic mass is 32.1. The van der Waals surface area contributed by atoms with Crippen LogP contribution in [0, 0.1) is 0 Å². The van der Waals surface area contributed by atoms with Gasteiger partial charge in [-0.25, -0.2) is 9.97 Å². The van der Waals surface area contributed by atoms with Gasteiger partial charge in [0.2, 0.25) is 5.95 Å². The number of anilines is 1. The SMILES string of the molecule is NC(=S)Nc1nc2c(c(C(F)(F)C(F)(F)C(F)(F)C(F)(F)F)n1)CCCC2. The van der Waals surface area contributed by atoms with Gasteiger partial charge in [0.05, 0.1) is 0 Å². The summed E-state index contributed by atoms with van der Waals surface area (Å²) in [5.41, 5.74) is 2.41. The fourth-order valence-electron chi connectivity index (χ4n) is 2.54. The minimum atomic E-state index is -7.01. The van der Waals surface area contributed by atoms with Gasteiger partial charge < -0.3 is 11.1 Å². The summed E-state index contributed by atoms with van der Waals surface area (Å²) in [5.74, 6) is -20.6. The molecule has 0 aliphatic heterocycles. The third kappa shape index (κ3) is 3.50. The van der Waals surface area contributed by atoms with Gasteiger partial charge >= 0.3 is 23.9 Å². The lowest BCUT2D eigenvalue weighted by molar-refractivity contribution is -0.400. The van der Waals surface area contributed by atoms with Crippen LogP contribution in [0.1, 0.15) is 29.8 Å². The molecule has 0 spiro atoms. The number of halogens is 9. The second-order valence-corrected chi connectivity index (χ2v) is 6.18. The largest absolute Gasteiger partial charge is 0.460 e. The predicted molar refractivity (Wildman–Crippen MR) is 78.9 cm³/mol. The number of nitrogens with two attached hydrogens (primary N) is 1.